The molecule has 0 fully saturated rings. The van der Waals surface area contributed by atoms with Crippen molar-refractivity contribution in [3.63, 3.8) is 0 Å². The van der Waals surface area contributed by atoms with Gasteiger partial charge in [-0.05, 0) is 12.1 Å². The predicted octanol–water partition coefficient (Wildman–Crippen LogP) is 0.833. The van der Waals surface area contributed by atoms with Gasteiger partial charge in [0, 0.05) is 11.8 Å². The number of pyridine rings is 1. The van der Waals surface area contributed by atoms with E-state index in [9.17, 15) is 4.79 Å². The lowest BCUT2D eigenvalue weighted by Crippen LogP contribution is -2.15. The average Bonchev–Trinajstić information content (AvgIpc) is 2.74. The van der Waals surface area contributed by atoms with E-state index in [2.05, 4.69) is 20.0 Å². The van der Waals surface area contributed by atoms with E-state index in [4.69, 9.17) is 5.73 Å². The number of carbonyl (C=O) groups is 1. The summed E-state index contributed by atoms with van der Waals surface area (Å²) in [6.45, 7) is 0. The lowest BCUT2D eigenvalue weighted by Gasteiger charge is -2.01. The number of hydrogen-bond acceptors (Lipinski definition) is 5. The first kappa shape index (κ1) is 10.2. The highest BCUT2D eigenvalue weighted by Crippen LogP contribution is 2.05. The zero-order valence-corrected chi connectivity index (χ0v) is 8.38. The summed E-state index contributed by atoms with van der Waals surface area (Å²) in [7, 11) is 0. The number of hydrogen-bond donors (Lipinski definition) is 2. The average molecular weight is 218 g/mol. The molecule has 2 rings (SSSR count). The Kier molecular flexibility index (Phi) is 2.81. The fraction of sp³-hybridized carbons (Fsp3) is 0.100. The fourth-order valence-corrected chi connectivity index (χ4v) is 1.17. The third-order valence-electron chi connectivity index (χ3n) is 1.89. The highest BCUT2D eigenvalue weighted by Gasteiger charge is 2.06. The number of aromatic nitrogens is 2. The molecule has 2 heterocycles. The molecule has 3 N–H and O–H groups in total. The highest BCUT2D eigenvalue weighted by molar-refractivity contribution is 5.90. The van der Waals surface area contributed by atoms with Crippen LogP contribution < -0.4 is 11.1 Å². The van der Waals surface area contributed by atoms with Crippen LogP contribution in [0.25, 0.3) is 0 Å². The van der Waals surface area contributed by atoms with Crippen LogP contribution in [0.15, 0.2) is 35.2 Å². The van der Waals surface area contributed by atoms with Crippen molar-refractivity contribution < 1.29 is 9.32 Å². The van der Waals surface area contributed by atoms with Gasteiger partial charge in [-0.3, -0.25) is 9.78 Å². The Labute approximate surface area is 91.5 Å². The molecule has 82 valence electrons. The number of anilines is 2. The minimum Gasteiger partial charge on any atom is -0.397 e. The van der Waals surface area contributed by atoms with E-state index in [1.54, 1.807) is 18.2 Å². The molecule has 0 aromatic carbocycles. The normalized spacial score (nSPS) is 10.0. The lowest BCUT2D eigenvalue weighted by atomic mass is 10.2. The molecule has 0 aliphatic rings. The van der Waals surface area contributed by atoms with Gasteiger partial charge >= 0.3 is 0 Å². The standard InChI is InChI=1S/C10H10N4O2/c11-7-1-2-8(12-6-7)5-10(15)13-9-3-4-16-14-9/h1-4,6H,5,11H2,(H,13,14,15). The first-order valence-electron chi connectivity index (χ1n) is 4.64. The Morgan fingerprint density at radius 1 is 1.44 bits per heavy atom. The van der Waals surface area contributed by atoms with E-state index in [0.717, 1.165) is 0 Å². The van der Waals surface area contributed by atoms with E-state index in [1.807, 2.05) is 0 Å². The summed E-state index contributed by atoms with van der Waals surface area (Å²) in [5, 5.41) is 6.13. The molecule has 2 aromatic heterocycles. The van der Waals surface area contributed by atoms with Crippen LogP contribution in [0.2, 0.25) is 0 Å². The number of amides is 1. The Morgan fingerprint density at radius 3 is 2.94 bits per heavy atom. The van der Waals surface area contributed by atoms with Crippen molar-refractivity contribution in [2.45, 2.75) is 6.42 Å². The molecular weight excluding hydrogens is 208 g/mol. The lowest BCUT2D eigenvalue weighted by molar-refractivity contribution is -0.115. The maximum absolute atomic E-state index is 11.5. The Hall–Kier alpha value is -2.37. The largest absolute Gasteiger partial charge is 0.397 e. The summed E-state index contributed by atoms with van der Waals surface area (Å²) in [5.41, 5.74) is 6.70. The van der Waals surface area contributed by atoms with Gasteiger partial charge < -0.3 is 15.6 Å². The molecule has 0 saturated carbocycles. The number of nitrogen functional groups attached to an aromatic ring is 1. The third kappa shape index (κ3) is 2.57. The maximum atomic E-state index is 11.5. The van der Waals surface area contributed by atoms with Gasteiger partial charge in [-0.25, -0.2) is 0 Å². The van der Waals surface area contributed by atoms with Crippen molar-refractivity contribution in [3.05, 3.63) is 36.4 Å². The molecule has 2 aromatic rings. The minimum atomic E-state index is -0.203. The topological polar surface area (TPSA) is 94.0 Å². The van der Waals surface area contributed by atoms with E-state index in [1.165, 1.54) is 12.5 Å². The summed E-state index contributed by atoms with van der Waals surface area (Å²) in [6, 6.07) is 4.97. The van der Waals surface area contributed by atoms with Crippen LogP contribution in [0.1, 0.15) is 5.69 Å². The predicted molar refractivity (Wildman–Crippen MR) is 57.5 cm³/mol. The molecule has 6 heteroatoms. The van der Waals surface area contributed by atoms with Crippen molar-refractivity contribution in [1.82, 2.24) is 10.1 Å². The molecule has 0 unspecified atom stereocenters. The van der Waals surface area contributed by atoms with Crippen molar-refractivity contribution in [3.8, 4) is 0 Å². The molecule has 0 spiro atoms. The highest BCUT2D eigenvalue weighted by atomic mass is 16.5. The zero-order valence-electron chi connectivity index (χ0n) is 8.38. The number of nitrogens with two attached hydrogens (primary N) is 1. The molecule has 0 aliphatic heterocycles. The number of nitrogens with one attached hydrogen (secondary N) is 1. The van der Waals surface area contributed by atoms with Crippen LogP contribution in [-0.4, -0.2) is 16.0 Å². The van der Waals surface area contributed by atoms with Crippen molar-refractivity contribution in [2.24, 2.45) is 0 Å². The Morgan fingerprint density at radius 2 is 2.31 bits per heavy atom. The van der Waals surface area contributed by atoms with Gasteiger partial charge in [0.25, 0.3) is 0 Å². The van der Waals surface area contributed by atoms with Crippen LogP contribution in [0.4, 0.5) is 11.5 Å². The molecular formula is C10H10N4O2. The molecule has 0 saturated heterocycles. The van der Waals surface area contributed by atoms with E-state index < -0.39 is 0 Å². The van der Waals surface area contributed by atoms with E-state index >= 15 is 0 Å². The van der Waals surface area contributed by atoms with Crippen molar-refractivity contribution in [2.75, 3.05) is 11.1 Å². The van der Waals surface area contributed by atoms with Gasteiger partial charge in [-0.15, -0.1) is 0 Å². The quantitative estimate of drug-likeness (QED) is 0.795. The number of rotatable bonds is 3. The summed E-state index contributed by atoms with van der Waals surface area (Å²) in [4.78, 5) is 15.5. The number of carbonyl (C=O) groups excluding carboxylic acids is 1. The fourth-order valence-electron chi connectivity index (χ4n) is 1.17. The van der Waals surface area contributed by atoms with Crippen molar-refractivity contribution >= 4 is 17.4 Å². The van der Waals surface area contributed by atoms with Gasteiger partial charge in [0.2, 0.25) is 5.91 Å². The van der Waals surface area contributed by atoms with Crippen LogP contribution in [-0.2, 0) is 11.2 Å². The number of nitrogens with zero attached hydrogens (tertiary/aromatic N) is 2. The van der Waals surface area contributed by atoms with E-state index in [-0.39, 0.29) is 12.3 Å². The second-order valence-corrected chi connectivity index (χ2v) is 3.19. The molecule has 0 bridgehead atoms. The molecule has 0 radical (unpaired) electrons. The monoisotopic (exact) mass is 218 g/mol. The zero-order chi connectivity index (χ0) is 11.4. The smallest absolute Gasteiger partial charge is 0.231 e. The molecule has 6 nitrogen and oxygen atoms in total. The molecule has 0 aliphatic carbocycles. The second-order valence-electron chi connectivity index (χ2n) is 3.19. The summed E-state index contributed by atoms with van der Waals surface area (Å²) in [6.07, 6.45) is 3.07. The summed E-state index contributed by atoms with van der Waals surface area (Å²) in [5.74, 6) is 0.187. The molecule has 1 amide bonds. The summed E-state index contributed by atoms with van der Waals surface area (Å²) >= 11 is 0. The summed E-state index contributed by atoms with van der Waals surface area (Å²) < 4.78 is 4.58. The van der Waals surface area contributed by atoms with Crippen LogP contribution in [0.5, 0.6) is 0 Å². The first-order chi connectivity index (χ1) is 7.74. The van der Waals surface area contributed by atoms with Crippen LogP contribution >= 0.6 is 0 Å². The molecule has 0 atom stereocenters. The van der Waals surface area contributed by atoms with Crippen molar-refractivity contribution in [1.29, 1.82) is 0 Å². The van der Waals surface area contributed by atoms with Gasteiger partial charge in [-0.1, -0.05) is 5.16 Å². The SMILES string of the molecule is Nc1ccc(CC(=O)Nc2ccon2)nc1. The van der Waals surface area contributed by atoms with Gasteiger partial charge in [0.05, 0.1) is 18.3 Å². The van der Waals surface area contributed by atoms with Gasteiger partial charge in [0.1, 0.15) is 6.26 Å². The second kappa shape index (κ2) is 4.43. The Balaban J connectivity index is 1.95. The third-order valence-corrected chi connectivity index (χ3v) is 1.89. The van der Waals surface area contributed by atoms with Crippen LogP contribution in [0.3, 0.4) is 0 Å². The minimum absolute atomic E-state index is 0.174. The first-order valence-corrected chi connectivity index (χ1v) is 4.64. The van der Waals surface area contributed by atoms with Gasteiger partial charge in [0.15, 0.2) is 5.82 Å². The van der Waals surface area contributed by atoms with Gasteiger partial charge in [-0.2, -0.15) is 0 Å². The molecule has 16 heavy (non-hydrogen) atoms. The maximum Gasteiger partial charge on any atom is 0.231 e. The van der Waals surface area contributed by atoms with E-state index in [0.29, 0.717) is 17.2 Å². The van der Waals surface area contributed by atoms with Crippen LogP contribution in [0, 0.1) is 0 Å². The Bertz CT molecular complexity index is 464.